The van der Waals surface area contributed by atoms with Crippen LogP contribution in [0.15, 0.2) is 6.20 Å². The molecule has 20 heavy (non-hydrogen) atoms. The van der Waals surface area contributed by atoms with E-state index in [-0.39, 0.29) is 0 Å². The average molecular weight is 292 g/mol. The van der Waals surface area contributed by atoms with Crippen molar-refractivity contribution < 1.29 is 0 Å². The SMILES string of the molecule is CNc1nc2c(s1)CCN(CCCN)c1c-2cnn1C. The summed E-state index contributed by atoms with van der Waals surface area (Å²) in [5.41, 5.74) is 7.87. The van der Waals surface area contributed by atoms with Crippen LogP contribution in [-0.4, -0.2) is 41.4 Å². The van der Waals surface area contributed by atoms with Crippen LogP contribution in [0.3, 0.4) is 0 Å². The van der Waals surface area contributed by atoms with E-state index in [0.717, 1.165) is 48.1 Å². The number of aromatic nitrogens is 3. The number of fused-ring (bicyclic) bond motifs is 3. The minimum atomic E-state index is 0.716. The quantitative estimate of drug-likeness (QED) is 0.888. The van der Waals surface area contributed by atoms with Gasteiger partial charge in [-0.1, -0.05) is 0 Å². The molecule has 1 aliphatic heterocycles. The monoisotopic (exact) mass is 292 g/mol. The van der Waals surface area contributed by atoms with Crippen LogP contribution in [0.2, 0.25) is 0 Å². The second-order valence-corrected chi connectivity index (χ2v) is 6.01. The molecule has 6 nitrogen and oxygen atoms in total. The highest BCUT2D eigenvalue weighted by molar-refractivity contribution is 7.16. The molecule has 0 saturated carbocycles. The van der Waals surface area contributed by atoms with E-state index < -0.39 is 0 Å². The van der Waals surface area contributed by atoms with Gasteiger partial charge in [0.2, 0.25) is 0 Å². The van der Waals surface area contributed by atoms with Crippen molar-refractivity contribution in [3.8, 4) is 11.3 Å². The number of nitrogens with two attached hydrogens (primary N) is 1. The van der Waals surface area contributed by atoms with Crippen LogP contribution in [0, 0.1) is 0 Å². The first-order valence-corrected chi connectivity index (χ1v) is 7.71. The third-order valence-corrected chi connectivity index (χ3v) is 4.75. The topological polar surface area (TPSA) is 72.0 Å². The summed E-state index contributed by atoms with van der Waals surface area (Å²) in [6.45, 7) is 2.68. The van der Waals surface area contributed by atoms with Gasteiger partial charge in [0.15, 0.2) is 5.13 Å². The fraction of sp³-hybridized carbons (Fsp3) is 0.538. The molecule has 3 N–H and O–H groups in total. The first kappa shape index (κ1) is 13.4. The summed E-state index contributed by atoms with van der Waals surface area (Å²) < 4.78 is 1.94. The van der Waals surface area contributed by atoms with E-state index in [0.29, 0.717) is 6.54 Å². The number of nitrogens with zero attached hydrogens (tertiary/aromatic N) is 4. The van der Waals surface area contributed by atoms with Gasteiger partial charge in [-0.15, -0.1) is 11.3 Å². The van der Waals surface area contributed by atoms with Crippen molar-refractivity contribution in [1.82, 2.24) is 14.8 Å². The minimum Gasteiger partial charge on any atom is -0.365 e. The largest absolute Gasteiger partial charge is 0.365 e. The number of aryl methyl sites for hydroxylation is 1. The third kappa shape index (κ3) is 2.16. The highest BCUT2D eigenvalue weighted by Crippen LogP contribution is 2.39. The van der Waals surface area contributed by atoms with Crippen LogP contribution >= 0.6 is 11.3 Å². The molecular weight excluding hydrogens is 272 g/mol. The van der Waals surface area contributed by atoms with E-state index >= 15 is 0 Å². The third-order valence-electron chi connectivity index (χ3n) is 3.61. The van der Waals surface area contributed by atoms with Crippen LogP contribution in [0.5, 0.6) is 0 Å². The van der Waals surface area contributed by atoms with Crippen molar-refractivity contribution in [2.45, 2.75) is 12.8 Å². The molecule has 0 atom stereocenters. The Kier molecular flexibility index (Phi) is 3.62. The maximum absolute atomic E-state index is 5.65. The van der Waals surface area contributed by atoms with Crippen molar-refractivity contribution in [3.63, 3.8) is 0 Å². The molecule has 0 amide bonds. The Morgan fingerprint density at radius 3 is 3.10 bits per heavy atom. The lowest BCUT2D eigenvalue weighted by Gasteiger charge is -2.23. The Bertz CT molecular complexity index is 602. The maximum Gasteiger partial charge on any atom is 0.183 e. The van der Waals surface area contributed by atoms with E-state index in [1.807, 2.05) is 25.0 Å². The summed E-state index contributed by atoms with van der Waals surface area (Å²) in [7, 11) is 3.90. The lowest BCUT2D eigenvalue weighted by molar-refractivity contribution is 0.679. The smallest absolute Gasteiger partial charge is 0.183 e. The fourth-order valence-corrected chi connectivity index (χ4v) is 3.57. The van der Waals surface area contributed by atoms with E-state index in [4.69, 9.17) is 10.7 Å². The zero-order valence-electron chi connectivity index (χ0n) is 11.9. The van der Waals surface area contributed by atoms with Crippen LogP contribution in [0.4, 0.5) is 10.9 Å². The maximum atomic E-state index is 5.65. The molecule has 2 aromatic heterocycles. The lowest BCUT2D eigenvalue weighted by atomic mass is 10.2. The molecule has 0 unspecified atom stereocenters. The van der Waals surface area contributed by atoms with Gasteiger partial charge in [0.1, 0.15) is 5.82 Å². The van der Waals surface area contributed by atoms with Gasteiger partial charge in [-0.2, -0.15) is 5.10 Å². The van der Waals surface area contributed by atoms with Gasteiger partial charge < -0.3 is 16.0 Å². The second-order valence-electron chi connectivity index (χ2n) is 4.93. The molecule has 0 aliphatic carbocycles. The Morgan fingerprint density at radius 2 is 2.35 bits per heavy atom. The minimum absolute atomic E-state index is 0.716. The van der Waals surface area contributed by atoms with Gasteiger partial charge >= 0.3 is 0 Å². The van der Waals surface area contributed by atoms with Crippen molar-refractivity contribution >= 4 is 22.3 Å². The van der Waals surface area contributed by atoms with Crippen LogP contribution in [0.1, 0.15) is 11.3 Å². The Balaban J connectivity index is 2.04. The molecule has 0 fully saturated rings. The zero-order chi connectivity index (χ0) is 14.1. The Morgan fingerprint density at radius 1 is 1.50 bits per heavy atom. The summed E-state index contributed by atoms with van der Waals surface area (Å²) in [6, 6.07) is 0. The van der Waals surface area contributed by atoms with E-state index in [9.17, 15) is 0 Å². The predicted octanol–water partition coefficient (Wildman–Crippen LogP) is 1.30. The summed E-state index contributed by atoms with van der Waals surface area (Å²) >= 11 is 1.74. The number of nitrogens with one attached hydrogen (secondary N) is 1. The number of thiazole rings is 1. The van der Waals surface area contributed by atoms with E-state index in [1.165, 1.54) is 4.88 Å². The molecule has 2 aromatic rings. The molecular formula is C13H20N6S. The molecule has 0 radical (unpaired) electrons. The summed E-state index contributed by atoms with van der Waals surface area (Å²) in [6.07, 6.45) is 3.94. The average Bonchev–Trinajstić information content (AvgIpc) is 2.99. The van der Waals surface area contributed by atoms with Gasteiger partial charge in [0, 0.05) is 38.5 Å². The molecule has 3 heterocycles. The molecule has 1 aliphatic rings. The molecule has 3 rings (SSSR count). The van der Waals surface area contributed by atoms with Gasteiger partial charge in [0.25, 0.3) is 0 Å². The van der Waals surface area contributed by atoms with E-state index in [2.05, 4.69) is 15.3 Å². The standard InChI is InChI=1S/C13H20N6S/c1-15-13-17-11-9-8-16-18(2)12(9)19(6-3-5-14)7-4-10(11)20-13/h8H,3-7,14H2,1-2H3,(H,15,17). The summed E-state index contributed by atoms with van der Waals surface area (Å²) in [5, 5.41) is 8.53. The summed E-state index contributed by atoms with van der Waals surface area (Å²) in [5.74, 6) is 1.16. The van der Waals surface area contributed by atoms with Crippen molar-refractivity contribution in [2.24, 2.45) is 12.8 Å². The predicted molar refractivity (Wildman–Crippen MR) is 83.5 cm³/mol. The Labute approximate surface area is 122 Å². The molecule has 0 spiro atoms. The number of hydrogen-bond acceptors (Lipinski definition) is 6. The van der Waals surface area contributed by atoms with Crippen molar-refractivity contribution in [2.75, 3.05) is 36.9 Å². The highest BCUT2D eigenvalue weighted by atomic mass is 32.1. The van der Waals surface area contributed by atoms with Crippen LogP contribution in [0.25, 0.3) is 11.3 Å². The fourth-order valence-electron chi connectivity index (χ4n) is 2.65. The summed E-state index contributed by atoms with van der Waals surface area (Å²) in [4.78, 5) is 8.41. The lowest BCUT2D eigenvalue weighted by Crippen LogP contribution is -2.29. The van der Waals surface area contributed by atoms with Gasteiger partial charge in [0.05, 0.1) is 17.5 Å². The van der Waals surface area contributed by atoms with Crippen LogP contribution < -0.4 is 16.0 Å². The molecule has 0 bridgehead atoms. The van der Waals surface area contributed by atoms with Crippen molar-refractivity contribution in [3.05, 3.63) is 11.1 Å². The van der Waals surface area contributed by atoms with E-state index in [1.54, 1.807) is 11.3 Å². The molecule has 7 heteroatoms. The van der Waals surface area contributed by atoms with Gasteiger partial charge in [-0.3, -0.25) is 4.68 Å². The normalized spacial score (nSPS) is 13.8. The first-order valence-electron chi connectivity index (χ1n) is 6.89. The zero-order valence-corrected chi connectivity index (χ0v) is 12.7. The molecule has 0 aromatic carbocycles. The van der Waals surface area contributed by atoms with Gasteiger partial charge in [-0.05, 0) is 13.0 Å². The highest BCUT2D eigenvalue weighted by Gasteiger charge is 2.26. The molecule has 0 saturated heterocycles. The number of rotatable bonds is 4. The van der Waals surface area contributed by atoms with Crippen molar-refractivity contribution in [1.29, 1.82) is 0 Å². The molecule has 108 valence electrons. The first-order chi connectivity index (χ1) is 9.74. The Hall–Kier alpha value is -1.60. The number of hydrogen-bond donors (Lipinski definition) is 2. The second kappa shape index (κ2) is 5.41. The number of anilines is 2. The van der Waals surface area contributed by atoms with Gasteiger partial charge in [-0.25, -0.2) is 4.98 Å². The van der Waals surface area contributed by atoms with Crippen LogP contribution in [-0.2, 0) is 13.5 Å².